The minimum atomic E-state index is -4.03. The zero-order valence-electron chi connectivity index (χ0n) is 12.2. The zero-order chi connectivity index (χ0) is 17.5. The molecule has 0 atom stereocenters. The fraction of sp³-hybridized carbons (Fsp3) is 0.0667. The molecule has 0 saturated carbocycles. The van der Waals surface area contributed by atoms with Crippen molar-refractivity contribution in [3.8, 4) is 0 Å². The number of benzene rings is 1. The molecule has 0 aliphatic carbocycles. The van der Waals surface area contributed by atoms with E-state index in [4.69, 9.17) is 10.3 Å². The summed E-state index contributed by atoms with van der Waals surface area (Å²) in [6.45, 7) is 1.85. The highest BCUT2D eigenvalue weighted by Crippen LogP contribution is 2.14. The zero-order valence-corrected chi connectivity index (χ0v) is 14.6. The summed E-state index contributed by atoms with van der Waals surface area (Å²) in [6, 6.07) is 8.72. The van der Waals surface area contributed by atoms with Gasteiger partial charge in [0.15, 0.2) is 0 Å². The molecule has 1 aromatic carbocycles. The number of carbonyl (C=O) groups is 1. The van der Waals surface area contributed by atoms with Gasteiger partial charge in [-0.15, -0.1) is 0 Å². The third kappa shape index (κ3) is 7.68. The Bertz CT molecular complexity index is 805. The van der Waals surface area contributed by atoms with Crippen LogP contribution in [0.15, 0.2) is 52.6 Å². The summed E-state index contributed by atoms with van der Waals surface area (Å²) in [5.74, 6) is -0.380. The van der Waals surface area contributed by atoms with Crippen LogP contribution in [0.3, 0.4) is 0 Å². The van der Waals surface area contributed by atoms with Crippen LogP contribution in [0.25, 0.3) is 6.08 Å². The van der Waals surface area contributed by atoms with Gasteiger partial charge in [0.2, 0.25) is 5.91 Å². The molecule has 0 unspecified atom stereocenters. The van der Waals surface area contributed by atoms with Gasteiger partial charge in [-0.05, 0) is 48.4 Å². The summed E-state index contributed by atoms with van der Waals surface area (Å²) < 4.78 is 29.8. The van der Waals surface area contributed by atoms with Crippen molar-refractivity contribution >= 4 is 38.0 Å². The predicted octanol–water partition coefficient (Wildman–Crippen LogP) is 2.80. The number of hydrogen-bond donors (Lipinski definition) is 2. The number of amides is 1. The third-order valence-electron chi connectivity index (χ3n) is 2.57. The number of aromatic nitrogens is 1. The summed E-state index contributed by atoms with van der Waals surface area (Å²) >= 11 is 3.29. The predicted molar refractivity (Wildman–Crippen MR) is 92.2 cm³/mol. The molecule has 122 valence electrons. The van der Waals surface area contributed by atoms with Crippen molar-refractivity contribution in [3.63, 3.8) is 0 Å². The molecule has 0 radical (unpaired) electrons. The highest BCUT2D eigenvalue weighted by molar-refractivity contribution is 9.10. The van der Waals surface area contributed by atoms with Crippen LogP contribution in [-0.4, -0.2) is 23.9 Å². The maximum atomic E-state index is 10.7. The quantitative estimate of drug-likeness (QED) is 0.772. The van der Waals surface area contributed by atoms with Crippen LogP contribution < -0.4 is 5.73 Å². The lowest BCUT2D eigenvalue weighted by Crippen LogP contribution is -2.12. The number of aryl methyl sites for hydroxylation is 1. The Morgan fingerprint density at radius 1 is 1.35 bits per heavy atom. The molecule has 2 rings (SSSR count). The largest absolute Gasteiger partial charge is 0.366 e. The first-order chi connectivity index (χ1) is 10.7. The van der Waals surface area contributed by atoms with E-state index in [1.54, 1.807) is 30.5 Å². The van der Waals surface area contributed by atoms with Crippen LogP contribution in [0.1, 0.15) is 21.5 Å². The van der Waals surface area contributed by atoms with E-state index in [1.807, 2.05) is 13.0 Å². The van der Waals surface area contributed by atoms with Crippen molar-refractivity contribution in [3.05, 3.63) is 69.3 Å². The maximum absolute atomic E-state index is 10.7. The SMILES string of the molecule is Cc1cc(Br)ccc1C(N)=O.O=S(=O)(O)C=Cc1cccnc1. The van der Waals surface area contributed by atoms with Crippen LogP contribution in [0, 0.1) is 6.92 Å². The van der Waals surface area contributed by atoms with E-state index < -0.39 is 10.1 Å². The molecule has 0 spiro atoms. The van der Waals surface area contributed by atoms with Crippen LogP contribution in [0.4, 0.5) is 0 Å². The van der Waals surface area contributed by atoms with Gasteiger partial charge in [0.05, 0.1) is 5.41 Å². The van der Waals surface area contributed by atoms with Crippen LogP contribution in [0.2, 0.25) is 0 Å². The van der Waals surface area contributed by atoms with Gasteiger partial charge in [-0.1, -0.05) is 22.0 Å². The molecule has 0 bridgehead atoms. The van der Waals surface area contributed by atoms with Gasteiger partial charge in [-0.25, -0.2) is 0 Å². The van der Waals surface area contributed by atoms with Crippen LogP contribution in [-0.2, 0) is 10.1 Å². The second kappa shape index (κ2) is 8.56. The van der Waals surface area contributed by atoms with Crippen molar-refractivity contribution in [2.75, 3.05) is 0 Å². The molecule has 2 aromatic rings. The van der Waals surface area contributed by atoms with Gasteiger partial charge in [0.1, 0.15) is 0 Å². The summed E-state index contributed by atoms with van der Waals surface area (Å²) in [7, 11) is -4.03. The summed E-state index contributed by atoms with van der Waals surface area (Å²) in [5.41, 5.74) is 7.20. The van der Waals surface area contributed by atoms with Crippen molar-refractivity contribution in [2.24, 2.45) is 5.73 Å². The number of halogens is 1. The molecule has 1 heterocycles. The van der Waals surface area contributed by atoms with E-state index in [0.717, 1.165) is 10.0 Å². The minimum Gasteiger partial charge on any atom is -0.366 e. The van der Waals surface area contributed by atoms with E-state index in [-0.39, 0.29) is 5.91 Å². The molecule has 1 amide bonds. The number of pyridine rings is 1. The van der Waals surface area contributed by atoms with E-state index in [0.29, 0.717) is 16.5 Å². The van der Waals surface area contributed by atoms with E-state index >= 15 is 0 Å². The van der Waals surface area contributed by atoms with Gasteiger partial charge in [-0.3, -0.25) is 14.3 Å². The fourth-order valence-electron chi connectivity index (χ4n) is 1.54. The van der Waals surface area contributed by atoms with Crippen molar-refractivity contribution < 1.29 is 17.8 Å². The Kier molecular flexibility index (Phi) is 7.08. The maximum Gasteiger partial charge on any atom is 0.287 e. The molecular formula is C15H15BrN2O4S. The Labute approximate surface area is 142 Å². The molecule has 0 saturated heterocycles. The van der Waals surface area contributed by atoms with E-state index in [9.17, 15) is 13.2 Å². The average Bonchev–Trinajstić information content (AvgIpc) is 2.46. The first-order valence-electron chi connectivity index (χ1n) is 6.30. The van der Waals surface area contributed by atoms with Crippen LogP contribution in [0.5, 0.6) is 0 Å². The standard InChI is InChI=1S/C8H8BrNO.C7H7NO3S/c1-5-4-6(9)2-3-7(5)8(10)11;9-12(10,11)5-3-7-2-1-4-8-6-7/h2-4H,1H3,(H2,10,11);1-6H,(H,9,10,11). The lowest BCUT2D eigenvalue weighted by atomic mass is 10.1. The van der Waals surface area contributed by atoms with Gasteiger partial charge in [0, 0.05) is 22.4 Å². The van der Waals surface area contributed by atoms with Crippen molar-refractivity contribution in [2.45, 2.75) is 6.92 Å². The molecule has 6 nitrogen and oxygen atoms in total. The first kappa shape index (κ1) is 19.0. The topological polar surface area (TPSA) is 110 Å². The second-order valence-corrected chi connectivity index (χ2v) is 6.65. The third-order valence-corrected chi connectivity index (χ3v) is 3.54. The highest BCUT2D eigenvalue weighted by atomic mass is 79.9. The van der Waals surface area contributed by atoms with Gasteiger partial charge < -0.3 is 5.73 Å². The molecule has 1 aromatic heterocycles. The lowest BCUT2D eigenvalue weighted by Gasteiger charge is -2.00. The molecule has 0 aliphatic rings. The molecule has 3 N–H and O–H groups in total. The molecule has 0 aliphatic heterocycles. The first-order valence-corrected chi connectivity index (χ1v) is 8.60. The van der Waals surface area contributed by atoms with Crippen molar-refractivity contribution in [1.82, 2.24) is 4.98 Å². The number of rotatable bonds is 3. The average molecular weight is 399 g/mol. The van der Waals surface area contributed by atoms with Gasteiger partial charge in [0.25, 0.3) is 10.1 Å². The van der Waals surface area contributed by atoms with E-state index in [1.165, 1.54) is 12.3 Å². The van der Waals surface area contributed by atoms with E-state index in [2.05, 4.69) is 20.9 Å². The Morgan fingerprint density at radius 3 is 2.52 bits per heavy atom. The molecule has 0 fully saturated rings. The van der Waals surface area contributed by atoms with Gasteiger partial charge >= 0.3 is 0 Å². The lowest BCUT2D eigenvalue weighted by molar-refractivity contribution is 0.0999. The fourth-order valence-corrected chi connectivity index (χ4v) is 2.35. The number of carbonyl (C=O) groups excluding carboxylic acids is 1. The van der Waals surface area contributed by atoms with Gasteiger partial charge in [-0.2, -0.15) is 8.42 Å². The monoisotopic (exact) mass is 398 g/mol. The molecule has 23 heavy (non-hydrogen) atoms. The molecule has 8 heteroatoms. The summed E-state index contributed by atoms with van der Waals surface area (Å²) in [5, 5.41) is 0.712. The Morgan fingerprint density at radius 2 is 2.04 bits per heavy atom. The number of nitrogens with two attached hydrogens (primary N) is 1. The Hall–Kier alpha value is -2.03. The number of hydrogen-bond acceptors (Lipinski definition) is 4. The molecular weight excluding hydrogens is 384 g/mol. The Balaban J connectivity index is 0.000000231. The number of nitrogens with zero attached hydrogens (tertiary/aromatic N) is 1. The normalized spacial score (nSPS) is 10.9. The highest BCUT2D eigenvalue weighted by Gasteiger charge is 2.03. The minimum absolute atomic E-state index is 0.380. The number of primary amides is 1. The summed E-state index contributed by atoms with van der Waals surface area (Å²) in [6.07, 6.45) is 4.33. The van der Waals surface area contributed by atoms with Crippen molar-refractivity contribution in [1.29, 1.82) is 0 Å². The second-order valence-electron chi connectivity index (χ2n) is 4.43. The van der Waals surface area contributed by atoms with Crippen LogP contribution >= 0.6 is 15.9 Å². The smallest absolute Gasteiger partial charge is 0.287 e. The summed E-state index contributed by atoms with van der Waals surface area (Å²) in [4.78, 5) is 14.5.